The van der Waals surface area contributed by atoms with Gasteiger partial charge < -0.3 is 10.5 Å². The third-order valence-electron chi connectivity index (χ3n) is 2.98. The molecule has 0 spiro atoms. The molecule has 0 aromatic heterocycles. The van der Waals surface area contributed by atoms with Gasteiger partial charge in [0.2, 0.25) is 0 Å². The molecule has 3 heteroatoms. The Balaban J connectivity index is 2.78. The number of rotatable bonds is 7. The molecule has 0 bridgehead atoms. The Hall–Kier alpha value is -1.51. The molecule has 0 unspecified atom stereocenters. The number of carbonyl (C=O) groups excluding carboxylic acids is 1. The Morgan fingerprint density at radius 2 is 2.11 bits per heavy atom. The molecule has 0 saturated carbocycles. The molecular weight excluding hydrogens is 226 g/mol. The number of esters is 1. The quantitative estimate of drug-likeness (QED) is 0.457. The van der Waals surface area contributed by atoms with Crippen molar-refractivity contribution in [2.45, 2.75) is 45.4 Å². The van der Waals surface area contributed by atoms with Crippen molar-refractivity contribution < 1.29 is 9.53 Å². The van der Waals surface area contributed by atoms with Gasteiger partial charge in [-0.1, -0.05) is 38.3 Å². The number of unbranched alkanes of at least 4 members (excludes halogenated alkanes) is 2. The van der Waals surface area contributed by atoms with Gasteiger partial charge in [0.1, 0.15) is 0 Å². The second-order valence-electron chi connectivity index (χ2n) is 4.47. The predicted molar refractivity (Wildman–Crippen MR) is 74.4 cm³/mol. The van der Waals surface area contributed by atoms with Crippen molar-refractivity contribution in [3.05, 3.63) is 29.8 Å². The van der Waals surface area contributed by atoms with Crippen LogP contribution in [0.1, 0.15) is 51.0 Å². The van der Waals surface area contributed by atoms with Gasteiger partial charge in [0.05, 0.1) is 12.5 Å². The van der Waals surface area contributed by atoms with E-state index in [-0.39, 0.29) is 11.9 Å². The molecule has 0 amide bonds. The molecule has 0 aliphatic carbocycles. The van der Waals surface area contributed by atoms with E-state index in [1.165, 1.54) is 0 Å². The summed E-state index contributed by atoms with van der Waals surface area (Å²) < 4.78 is 5.15. The summed E-state index contributed by atoms with van der Waals surface area (Å²) in [5.74, 6) is -0.320. The summed E-state index contributed by atoms with van der Waals surface area (Å²) in [7, 11) is 0. The van der Waals surface area contributed by atoms with E-state index in [0.29, 0.717) is 12.3 Å². The lowest BCUT2D eigenvalue weighted by Gasteiger charge is -2.16. The van der Waals surface area contributed by atoms with Crippen LogP contribution in [-0.4, -0.2) is 12.6 Å². The van der Waals surface area contributed by atoms with Crippen LogP contribution < -0.4 is 5.73 Å². The second-order valence-corrected chi connectivity index (χ2v) is 4.47. The van der Waals surface area contributed by atoms with Gasteiger partial charge >= 0.3 is 5.97 Å². The Kier molecular flexibility index (Phi) is 6.26. The summed E-state index contributed by atoms with van der Waals surface area (Å²) in [6.07, 6.45) is 4.15. The monoisotopic (exact) mass is 249 g/mol. The SMILES string of the molecule is CCCCC[C@H](C(=O)OCC)c1cccc(N)c1. The van der Waals surface area contributed by atoms with Crippen LogP contribution in [0.3, 0.4) is 0 Å². The van der Waals surface area contributed by atoms with Gasteiger partial charge in [-0.15, -0.1) is 0 Å². The van der Waals surface area contributed by atoms with E-state index in [4.69, 9.17) is 10.5 Å². The van der Waals surface area contributed by atoms with Gasteiger partial charge in [0, 0.05) is 5.69 Å². The van der Waals surface area contributed by atoms with Crippen molar-refractivity contribution in [1.82, 2.24) is 0 Å². The average Bonchev–Trinajstić information content (AvgIpc) is 2.35. The normalized spacial score (nSPS) is 12.1. The molecule has 0 heterocycles. The van der Waals surface area contributed by atoms with Gasteiger partial charge in [-0.2, -0.15) is 0 Å². The highest BCUT2D eigenvalue weighted by atomic mass is 16.5. The maximum atomic E-state index is 12.0. The molecule has 0 aliphatic heterocycles. The molecule has 0 aliphatic rings. The lowest BCUT2D eigenvalue weighted by Crippen LogP contribution is -2.16. The van der Waals surface area contributed by atoms with Crippen LogP contribution in [0.5, 0.6) is 0 Å². The van der Waals surface area contributed by atoms with Crippen molar-refractivity contribution in [1.29, 1.82) is 0 Å². The van der Waals surface area contributed by atoms with Crippen molar-refractivity contribution in [3.63, 3.8) is 0 Å². The third-order valence-corrected chi connectivity index (χ3v) is 2.98. The lowest BCUT2D eigenvalue weighted by atomic mass is 9.93. The smallest absolute Gasteiger partial charge is 0.313 e. The minimum Gasteiger partial charge on any atom is -0.466 e. The fourth-order valence-corrected chi connectivity index (χ4v) is 2.04. The molecule has 3 nitrogen and oxygen atoms in total. The third kappa shape index (κ3) is 4.40. The van der Waals surface area contributed by atoms with E-state index in [9.17, 15) is 4.79 Å². The highest BCUT2D eigenvalue weighted by Gasteiger charge is 2.21. The summed E-state index contributed by atoms with van der Waals surface area (Å²) in [6, 6.07) is 7.53. The van der Waals surface area contributed by atoms with Gasteiger partial charge in [0.25, 0.3) is 0 Å². The molecule has 0 fully saturated rings. The Morgan fingerprint density at radius 1 is 1.33 bits per heavy atom. The molecule has 2 N–H and O–H groups in total. The molecule has 100 valence electrons. The predicted octanol–water partition coefficient (Wildman–Crippen LogP) is 3.50. The fraction of sp³-hybridized carbons (Fsp3) is 0.533. The van der Waals surface area contributed by atoms with Crippen LogP contribution in [0.15, 0.2) is 24.3 Å². The Morgan fingerprint density at radius 3 is 2.72 bits per heavy atom. The van der Waals surface area contributed by atoms with Crippen molar-refractivity contribution in [2.24, 2.45) is 0 Å². The molecule has 1 aromatic carbocycles. The first kappa shape index (κ1) is 14.6. The topological polar surface area (TPSA) is 52.3 Å². The minimum absolute atomic E-state index is 0.140. The van der Waals surface area contributed by atoms with Crippen LogP contribution in [-0.2, 0) is 9.53 Å². The number of benzene rings is 1. The first-order valence-corrected chi connectivity index (χ1v) is 6.71. The summed E-state index contributed by atoms with van der Waals surface area (Å²) in [5.41, 5.74) is 7.43. The molecule has 1 rings (SSSR count). The van der Waals surface area contributed by atoms with E-state index < -0.39 is 0 Å². The van der Waals surface area contributed by atoms with Gasteiger partial charge in [-0.05, 0) is 31.0 Å². The van der Waals surface area contributed by atoms with E-state index in [2.05, 4.69) is 6.92 Å². The number of nitrogen functional groups attached to an aromatic ring is 1. The highest BCUT2D eigenvalue weighted by molar-refractivity contribution is 5.78. The minimum atomic E-state index is -0.181. The van der Waals surface area contributed by atoms with Gasteiger partial charge in [-0.25, -0.2) is 0 Å². The van der Waals surface area contributed by atoms with Crippen molar-refractivity contribution in [3.8, 4) is 0 Å². The molecule has 0 radical (unpaired) electrons. The van der Waals surface area contributed by atoms with Crippen LogP contribution >= 0.6 is 0 Å². The maximum absolute atomic E-state index is 12.0. The average molecular weight is 249 g/mol. The summed E-state index contributed by atoms with van der Waals surface area (Å²) in [5, 5.41) is 0. The summed E-state index contributed by atoms with van der Waals surface area (Å²) in [4.78, 5) is 12.0. The van der Waals surface area contributed by atoms with E-state index in [1.54, 1.807) is 0 Å². The number of nitrogens with two attached hydrogens (primary N) is 1. The zero-order chi connectivity index (χ0) is 13.4. The number of anilines is 1. The second kappa shape index (κ2) is 7.75. The molecular formula is C15H23NO2. The van der Waals surface area contributed by atoms with Crippen LogP contribution in [0.4, 0.5) is 5.69 Å². The Bertz CT molecular complexity index is 377. The summed E-state index contributed by atoms with van der Waals surface area (Å²) in [6.45, 7) is 4.41. The first-order chi connectivity index (χ1) is 8.69. The number of hydrogen-bond acceptors (Lipinski definition) is 3. The summed E-state index contributed by atoms with van der Waals surface area (Å²) >= 11 is 0. The molecule has 18 heavy (non-hydrogen) atoms. The lowest BCUT2D eigenvalue weighted by molar-refractivity contribution is -0.145. The molecule has 1 aromatic rings. The molecule has 0 saturated heterocycles. The maximum Gasteiger partial charge on any atom is 0.313 e. The van der Waals surface area contributed by atoms with Crippen molar-refractivity contribution >= 4 is 11.7 Å². The van der Waals surface area contributed by atoms with Gasteiger partial charge in [-0.3, -0.25) is 4.79 Å². The number of ether oxygens (including phenoxy) is 1. The van der Waals surface area contributed by atoms with E-state index >= 15 is 0 Å². The van der Waals surface area contributed by atoms with Crippen LogP contribution in [0, 0.1) is 0 Å². The van der Waals surface area contributed by atoms with Crippen LogP contribution in [0.25, 0.3) is 0 Å². The standard InChI is InChI=1S/C15H23NO2/c1-3-5-6-10-14(15(17)18-4-2)12-8-7-9-13(16)11-12/h7-9,11,14H,3-6,10,16H2,1-2H3/t14-/m0/s1. The highest BCUT2D eigenvalue weighted by Crippen LogP contribution is 2.25. The molecule has 1 atom stereocenters. The first-order valence-electron chi connectivity index (χ1n) is 6.71. The van der Waals surface area contributed by atoms with E-state index in [0.717, 1.165) is 31.2 Å². The zero-order valence-corrected chi connectivity index (χ0v) is 11.3. The number of hydrogen-bond donors (Lipinski definition) is 1. The van der Waals surface area contributed by atoms with Gasteiger partial charge in [0.15, 0.2) is 0 Å². The largest absolute Gasteiger partial charge is 0.466 e. The van der Waals surface area contributed by atoms with Crippen molar-refractivity contribution in [2.75, 3.05) is 12.3 Å². The zero-order valence-electron chi connectivity index (χ0n) is 11.3. The number of carbonyl (C=O) groups is 1. The fourth-order valence-electron chi connectivity index (χ4n) is 2.04. The van der Waals surface area contributed by atoms with E-state index in [1.807, 2.05) is 31.2 Å². The Labute approximate surface area is 109 Å². The van der Waals surface area contributed by atoms with Crippen LogP contribution in [0.2, 0.25) is 0 Å².